The number of hydrogen-bond donors (Lipinski definition) is 2. The number of nitrogens with zero attached hydrogens (tertiary/aromatic N) is 1. The van der Waals surface area contributed by atoms with E-state index in [0.717, 1.165) is 24.8 Å². The number of oxazole rings is 1. The molecule has 7 atom stereocenters. The Hall–Kier alpha value is -2.55. The monoisotopic (exact) mass is 527 g/mol. The normalized spacial score (nSPS) is 34.9. The molecule has 38 heavy (non-hydrogen) atoms. The minimum Gasteiger partial charge on any atom is -0.457 e. The van der Waals surface area contributed by atoms with Gasteiger partial charge in [-0.25, -0.2) is 4.98 Å². The summed E-state index contributed by atoms with van der Waals surface area (Å²) in [6.45, 7) is 12.8. The van der Waals surface area contributed by atoms with Gasteiger partial charge in [0.25, 0.3) is 0 Å². The number of carbonyl (C=O) groups is 2. The third-order valence-corrected chi connectivity index (χ3v) is 8.54. The Labute approximate surface area is 224 Å². The summed E-state index contributed by atoms with van der Waals surface area (Å²) in [4.78, 5) is 31.1. The zero-order valence-corrected chi connectivity index (χ0v) is 23.1. The first kappa shape index (κ1) is 28.5. The van der Waals surface area contributed by atoms with Gasteiger partial charge in [-0.05, 0) is 49.8 Å². The number of carbonyl (C=O) groups excluding carboxylic acids is 2. The van der Waals surface area contributed by atoms with E-state index in [1.807, 2.05) is 25.1 Å². The molecule has 8 nitrogen and oxygen atoms in total. The van der Waals surface area contributed by atoms with E-state index in [9.17, 15) is 19.8 Å². The van der Waals surface area contributed by atoms with Gasteiger partial charge in [-0.3, -0.25) is 9.59 Å². The van der Waals surface area contributed by atoms with Crippen molar-refractivity contribution < 1.29 is 33.7 Å². The number of aliphatic hydroxyl groups is 2. The molecule has 2 aliphatic heterocycles. The fourth-order valence-electron chi connectivity index (χ4n) is 5.70. The maximum Gasteiger partial charge on any atom is 0.309 e. The van der Waals surface area contributed by atoms with Gasteiger partial charge in [0, 0.05) is 19.3 Å². The van der Waals surface area contributed by atoms with Crippen LogP contribution in [0.15, 0.2) is 35.3 Å². The number of benzene rings is 1. The third kappa shape index (κ3) is 5.87. The molecule has 0 unspecified atom stereocenters. The van der Waals surface area contributed by atoms with Crippen LogP contribution >= 0.6 is 0 Å². The summed E-state index contributed by atoms with van der Waals surface area (Å²) in [7, 11) is 0. The van der Waals surface area contributed by atoms with E-state index in [1.54, 1.807) is 26.8 Å². The Kier molecular flexibility index (Phi) is 8.17. The molecule has 0 bridgehead atoms. The third-order valence-electron chi connectivity index (χ3n) is 8.54. The van der Waals surface area contributed by atoms with Crippen LogP contribution in [0.4, 0.5) is 0 Å². The number of cyclic esters (lactones) is 1. The smallest absolute Gasteiger partial charge is 0.309 e. The summed E-state index contributed by atoms with van der Waals surface area (Å²) >= 11 is 0. The number of rotatable bonds is 3. The number of fused-ring (bicyclic) bond motifs is 2. The number of ketones is 1. The van der Waals surface area contributed by atoms with Crippen molar-refractivity contribution in [3.8, 4) is 0 Å². The van der Waals surface area contributed by atoms with Crippen LogP contribution in [-0.2, 0) is 19.1 Å². The maximum absolute atomic E-state index is 13.6. The number of epoxide rings is 1. The molecular formula is C30H41NO7. The van der Waals surface area contributed by atoms with Crippen LogP contribution in [-0.4, -0.2) is 50.9 Å². The predicted octanol–water partition coefficient (Wildman–Crippen LogP) is 4.99. The lowest BCUT2D eigenvalue weighted by atomic mass is 9.71. The van der Waals surface area contributed by atoms with E-state index < -0.39 is 35.6 Å². The average molecular weight is 528 g/mol. The van der Waals surface area contributed by atoms with Crippen molar-refractivity contribution >= 4 is 22.9 Å². The summed E-state index contributed by atoms with van der Waals surface area (Å²) in [5, 5.41) is 22.2. The van der Waals surface area contributed by atoms with Gasteiger partial charge in [-0.15, -0.1) is 6.58 Å². The molecule has 0 aliphatic carbocycles. The minimum absolute atomic E-state index is 0.0976. The molecular weight excluding hydrogens is 486 g/mol. The number of esters is 1. The van der Waals surface area contributed by atoms with Gasteiger partial charge in [0.05, 0.1) is 35.7 Å². The molecule has 3 heterocycles. The second kappa shape index (κ2) is 10.9. The zero-order chi connectivity index (χ0) is 27.8. The molecule has 1 aromatic heterocycles. The first-order valence-electron chi connectivity index (χ1n) is 13.6. The van der Waals surface area contributed by atoms with Crippen LogP contribution in [0, 0.1) is 24.2 Å². The Morgan fingerprint density at radius 2 is 1.95 bits per heavy atom. The predicted molar refractivity (Wildman–Crippen MR) is 142 cm³/mol. The van der Waals surface area contributed by atoms with Crippen molar-refractivity contribution in [3.63, 3.8) is 0 Å². The van der Waals surface area contributed by atoms with Crippen molar-refractivity contribution in [2.75, 3.05) is 0 Å². The summed E-state index contributed by atoms with van der Waals surface area (Å²) in [6, 6.07) is 5.53. The SMILES string of the molecule is C=CC[C@H]1C(=O)C(C)(C)[C@@H](O)CC(=O)O[C@H](c2ccc3oc(C)nc3c2)C[C@H]2O[C@]2(C)CCC[C@@H](C)[C@H]1O. The van der Waals surface area contributed by atoms with Gasteiger partial charge in [-0.1, -0.05) is 39.3 Å². The summed E-state index contributed by atoms with van der Waals surface area (Å²) in [6.07, 6.45) is 1.50. The maximum atomic E-state index is 13.6. The molecule has 2 fully saturated rings. The zero-order valence-electron chi connectivity index (χ0n) is 23.1. The highest BCUT2D eigenvalue weighted by Gasteiger charge is 2.53. The molecule has 0 spiro atoms. The van der Waals surface area contributed by atoms with Crippen LogP contribution in [0.3, 0.4) is 0 Å². The van der Waals surface area contributed by atoms with Gasteiger partial charge in [0.2, 0.25) is 0 Å². The lowest BCUT2D eigenvalue weighted by Crippen LogP contribution is -2.46. The van der Waals surface area contributed by atoms with Crippen LogP contribution in [0.25, 0.3) is 11.1 Å². The van der Waals surface area contributed by atoms with Crippen molar-refractivity contribution in [3.05, 3.63) is 42.3 Å². The van der Waals surface area contributed by atoms with E-state index in [0.29, 0.717) is 29.8 Å². The van der Waals surface area contributed by atoms with Gasteiger partial charge < -0.3 is 24.1 Å². The van der Waals surface area contributed by atoms with E-state index in [-0.39, 0.29) is 29.8 Å². The molecule has 0 saturated carbocycles. The Morgan fingerprint density at radius 3 is 2.66 bits per heavy atom. The average Bonchev–Trinajstić information content (AvgIpc) is 3.32. The van der Waals surface area contributed by atoms with Gasteiger partial charge in [0.1, 0.15) is 17.4 Å². The first-order valence-corrected chi connectivity index (χ1v) is 13.6. The highest BCUT2D eigenvalue weighted by atomic mass is 16.6. The molecule has 2 saturated heterocycles. The minimum atomic E-state index is -1.28. The standard InChI is InChI=1S/C30H41NO7/c1-7-9-20-27(34)17(2)10-8-13-30(6)25(38-30)15-23(19-11-12-22-21(14-19)31-18(3)36-22)37-26(33)16-24(32)29(4,5)28(20)35/h7,11-12,14,17,20,23-25,27,32,34H,1,8-10,13,15-16H2,2-6H3/t17-,20-,23+,24+,25-,27-,30-/m1/s1. The largest absolute Gasteiger partial charge is 0.457 e. The van der Waals surface area contributed by atoms with Crippen molar-refractivity contribution in [1.29, 1.82) is 0 Å². The van der Waals surface area contributed by atoms with E-state index >= 15 is 0 Å². The van der Waals surface area contributed by atoms with Crippen molar-refractivity contribution in [2.24, 2.45) is 17.3 Å². The van der Waals surface area contributed by atoms with Crippen LogP contribution < -0.4 is 0 Å². The van der Waals surface area contributed by atoms with Crippen molar-refractivity contribution in [1.82, 2.24) is 4.98 Å². The fraction of sp³-hybridized carbons (Fsp3) is 0.633. The second-order valence-electron chi connectivity index (χ2n) is 11.9. The van der Waals surface area contributed by atoms with Gasteiger partial charge >= 0.3 is 5.97 Å². The highest BCUT2D eigenvalue weighted by Crippen LogP contribution is 2.47. The first-order chi connectivity index (χ1) is 17.9. The van der Waals surface area contributed by atoms with E-state index in [2.05, 4.69) is 18.5 Å². The molecule has 0 radical (unpaired) electrons. The van der Waals surface area contributed by atoms with Crippen LogP contribution in [0.2, 0.25) is 0 Å². The summed E-state index contributed by atoms with van der Waals surface area (Å²) in [5.74, 6) is -1.19. The topological polar surface area (TPSA) is 122 Å². The quantitative estimate of drug-likeness (QED) is 0.325. The second-order valence-corrected chi connectivity index (χ2v) is 11.9. The number of aryl methyl sites for hydroxylation is 1. The van der Waals surface area contributed by atoms with E-state index in [1.165, 1.54) is 0 Å². The molecule has 2 aliphatic rings. The highest BCUT2D eigenvalue weighted by molar-refractivity contribution is 5.88. The number of hydrogen-bond acceptors (Lipinski definition) is 8. The molecule has 8 heteroatoms. The molecule has 0 amide bonds. The van der Waals surface area contributed by atoms with Gasteiger partial charge in [0.15, 0.2) is 11.5 Å². The number of ether oxygens (including phenoxy) is 2. The summed E-state index contributed by atoms with van der Waals surface area (Å²) < 4.78 is 17.6. The fourth-order valence-corrected chi connectivity index (χ4v) is 5.70. The van der Waals surface area contributed by atoms with Crippen LogP contribution in [0.5, 0.6) is 0 Å². The summed E-state index contributed by atoms with van der Waals surface area (Å²) in [5.41, 5.74) is 0.481. The van der Waals surface area contributed by atoms with Crippen molar-refractivity contribution in [2.45, 2.75) is 103 Å². The molecule has 4 rings (SSSR count). The Morgan fingerprint density at radius 1 is 1.21 bits per heavy atom. The molecule has 208 valence electrons. The number of allylic oxidation sites excluding steroid dienone is 1. The van der Waals surface area contributed by atoms with E-state index in [4.69, 9.17) is 13.9 Å². The van der Waals surface area contributed by atoms with Crippen LogP contribution in [0.1, 0.15) is 83.8 Å². The Bertz CT molecular complexity index is 1190. The molecule has 1 aromatic carbocycles. The van der Waals surface area contributed by atoms with Gasteiger partial charge in [-0.2, -0.15) is 0 Å². The Balaban J connectivity index is 1.63. The number of aliphatic hydroxyl groups excluding tert-OH is 2. The molecule has 2 aromatic rings. The number of aromatic nitrogens is 1. The lowest BCUT2D eigenvalue weighted by Gasteiger charge is -2.35. The number of Topliss-reactive ketones (excluding diaryl/α,β-unsaturated/α-hetero) is 1. The lowest BCUT2D eigenvalue weighted by molar-refractivity contribution is -0.156. The molecule has 2 N–H and O–H groups in total.